The molecule has 55 heavy (non-hydrogen) atoms. The minimum Gasteiger partial charge on any atom is -0.456 e. The summed E-state index contributed by atoms with van der Waals surface area (Å²) in [6, 6.07) is 62.1. The third-order valence-corrected chi connectivity index (χ3v) is 12.0. The van der Waals surface area contributed by atoms with Crippen LogP contribution >= 0.6 is 11.3 Å². The van der Waals surface area contributed by atoms with Gasteiger partial charge in [-0.1, -0.05) is 84.9 Å². The van der Waals surface area contributed by atoms with Gasteiger partial charge in [0.1, 0.15) is 16.7 Å². The Bertz CT molecular complexity index is 3450. The van der Waals surface area contributed by atoms with Crippen LogP contribution in [0, 0.1) is 0 Å². The van der Waals surface area contributed by atoms with Gasteiger partial charge >= 0.3 is 0 Å². The Morgan fingerprint density at radius 2 is 1.20 bits per heavy atom. The summed E-state index contributed by atoms with van der Waals surface area (Å²) >= 11 is 1.84. The zero-order valence-corrected chi connectivity index (χ0v) is 30.1. The molecule has 0 saturated heterocycles. The minimum absolute atomic E-state index is 0.592. The molecule has 0 saturated carbocycles. The number of aromatic nitrogens is 2. The molecule has 8 aromatic carbocycles. The predicted molar refractivity (Wildman–Crippen MR) is 229 cm³/mol. The molecular weight excluding hydrogens is 695 g/mol. The fraction of sp³-hybridized carbons (Fsp3) is 0. The van der Waals surface area contributed by atoms with Crippen LogP contribution < -0.4 is 4.90 Å². The molecule has 0 fully saturated rings. The molecule has 6 heteroatoms. The Kier molecular flexibility index (Phi) is 6.44. The molecule has 0 radical (unpaired) electrons. The second kappa shape index (κ2) is 11.7. The maximum atomic E-state index is 6.54. The number of para-hydroxylation sites is 2. The first-order chi connectivity index (χ1) is 27.3. The van der Waals surface area contributed by atoms with Gasteiger partial charge in [-0.15, -0.1) is 11.3 Å². The number of thiophene rings is 1. The van der Waals surface area contributed by atoms with Crippen LogP contribution in [0.1, 0.15) is 0 Å². The summed E-state index contributed by atoms with van der Waals surface area (Å²) in [6.45, 7) is 0. The van der Waals surface area contributed by atoms with Crippen molar-refractivity contribution in [2.75, 3.05) is 4.90 Å². The first-order valence-electron chi connectivity index (χ1n) is 18.4. The van der Waals surface area contributed by atoms with Crippen molar-refractivity contribution in [2.24, 2.45) is 0 Å². The summed E-state index contributed by atoms with van der Waals surface area (Å²) in [6.07, 6.45) is 0. The number of nitrogens with zero attached hydrogens (tertiary/aromatic N) is 3. The van der Waals surface area contributed by atoms with Crippen LogP contribution in [-0.4, -0.2) is 9.55 Å². The lowest BCUT2D eigenvalue weighted by atomic mass is 10.1. The van der Waals surface area contributed by atoms with E-state index in [4.69, 9.17) is 13.8 Å². The van der Waals surface area contributed by atoms with E-state index in [0.29, 0.717) is 5.89 Å². The fourth-order valence-corrected chi connectivity index (χ4v) is 9.58. The number of hydrogen-bond donors (Lipinski definition) is 0. The van der Waals surface area contributed by atoms with Gasteiger partial charge in [0, 0.05) is 54.3 Å². The van der Waals surface area contributed by atoms with Crippen molar-refractivity contribution in [2.45, 2.75) is 0 Å². The molecule has 0 aliphatic heterocycles. The first kappa shape index (κ1) is 30.3. The molecule has 0 bridgehead atoms. The van der Waals surface area contributed by atoms with E-state index < -0.39 is 0 Å². The van der Waals surface area contributed by atoms with Crippen molar-refractivity contribution < 1.29 is 8.83 Å². The van der Waals surface area contributed by atoms with Crippen molar-refractivity contribution in [3.05, 3.63) is 176 Å². The van der Waals surface area contributed by atoms with Gasteiger partial charge in [0.25, 0.3) is 0 Å². The van der Waals surface area contributed by atoms with Crippen molar-refractivity contribution in [3.8, 4) is 17.1 Å². The second-order valence-corrected chi connectivity index (χ2v) is 15.0. The standard InChI is InChI=1S/C49H29N3O2S/c1-3-12-30(13-4-1)49-50-39-24-27-44-46(47(39)54-49)38-29-33(23-26-43(38)53-44)51(42-20-11-18-36-35-17-8-10-21-45(35)55-48(36)42)32-22-25-41-37(28-32)34-16-7-9-19-40(34)52(41)31-14-5-2-6-15-31/h1-29H. The van der Waals surface area contributed by atoms with E-state index in [9.17, 15) is 0 Å². The van der Waals surface area contributed by atoms with Gasteiger partial charge in [0.2, 0.25) is 5.89 Å². The van der Waals surface area contributed by atoms with E-state index in [1.807, 2.05) is 53.8 Å². The molecule has 0 N–H and O–H groups in total. The molecule has 4 heterocycles. The second-order valence-electron chi connectivity index (χ2n) is 13.9. The molecule has 5 nitrogen and oxygen atoms in total. The Morgan fingerprint density at radius 3 is 2.07 bits per heavy atom. The lowest BCUT2D eigenvalue weighted by Gasteiger charge is -2.26. The van der Waals surface area contributed by atoms with Gasteiger partial charge in [0.05, 0.1) is 26.8 Å². The zero-order chi connectivity index (χ0) is 36.0. The molecule has 0 aliphatic carbocycles. The molecule has 0 atom stereocenters. The molecule has 0 unspecified atom stereocenters. The van der Waals surface area contributed by atoms with Crippen LogP contribution in [0.25, 0.3) is 92.2 Å². The van der Waals surface area contributed by atoms with Crippen molar-refractivity contribution in [3.63, 3.8) is 0 Å². The number of hydrogen-bond acceptors (Lipinski definition) is 5. The Labute approximate surface area is 318 Å². The van der Waals surface area contributed by atoms with Gasteiger partial charge in [-0.3, -0.25) is 0 Å². The van der Waals surface area contributed by atoms with E-state index in [1.165, 1.54) is 36.5 Å². The number of oxazole rings is 1. The first-order valence-corrected chi connectivity index (χ1v) is 19.2. The van der Waals surface area contributed by atoms with E-state index in [2.05, 4.69) is 143 Å². The average Bonchev–Trinajstić information content (AvgIpc) is 4.02. The topological polar surface area (TPSA) is 47.3 Å². The van der Waals surface area contributed by atoms with Crippen LogP contribution in [0.5, 0.6) is 0 Å². The third kappa shape index (κ3) is 4.55. The molecule has 4 aromatic heterocycles. The van der Waals surface area contributed by atoms with E-state index in [1.54, 1.807) is 0 Å². The highest BCUT2D eigenvalue weighted by Gasteiger charge is 2.23. The Hall–Kier alpha value is -7.15. The van der Waals surface area contributed by atoms with Crippen LogP contribution in [0.3, 0.4) is 0 Å². The summed E-state index contributed by atoms with van der Waals surface area (Å²) < 4.78 is 17.9. The van der Waals surface area contributed by atoms with Crippen LogP contribution in [0.15, 0.2) is 185 Å². The lowest BCUT2D eigenvalue weighted by Crippen LogP contribution is -2.10. The molecule has 0 spiro atoms. The van der Waals surface area contributed by atoms with Gasteiger partial charge < -0.3 is 18.3 Å². The molecule has 0 aliphatic rings. The summed E-state index contributed by atoms with van der Waals surface area (Å²) in [5.74, 6) is 0.592. The molecular formula is C49H29N3O2S. The molecule has 12 rings (SSSR count). The fourth-order valence-electron chi connectivity index (χ4n) is 8.37. The quantitative estimate of drug-likeness (QED) is 0.177. The van der Waals surface area contributed by atoms with E-state index >= 15 is 0 Å². The Balaban J connectivity index is 1.13. The van der Waals surface area contributed by atoms with Gasteiger partial charge in [-0.05, 0) is 91.0 Å². The maximum absolute atomic E-state index is 6.54. The van der Waals surface area contributed by atoms with E-state index in [-0.39, 0.29) is 0 Å². The molecule has 0 amide bonds. The number of furan rings is 1. The van der Waals surface area contributed by atoms with E-state index in [0.717, 1.165) is 66.9 Å². The number of fused-ring (bicyclic) bond motifs is 11. The van der Waals surface area contributed by atoms with Crippen LogP contribution in [-0.2, 0) is 0 Å². The predicted octanol–water partition coefficient (Wildman–Crippen LogP) is 14.3. The molecule has 258 valence electrons. The summed E-state index contributed by atoms with van der Waals surface area (Å²) in [5, 5.41) is 6.81. The smallest absolute Gasteiger partial charge is 0.227 e. The third-order valence-electron chi connectivity index (χ3n) is 10.8. The Morgan fingerprint density at radius 1 is 0.509 bits per heavy atom. The average molecular weight is 724 g/mol. The SMILES string of the molecule is c1ccc(-c2nc3ccc4oc5ccc(N(c6ccc7c(c6)c6ccccc6n7-c6ccccc6)c6cccc7c6sc6ccccc67)cc5c4c3o2)cc1. The van der Waals surface area contributed by atoms with Gasteiger partial charge in [0.15, 0.2) is 5.58 Å². The maximum Gasteiger partial charge on any atom is 0.227 e. The highest BCUT2D eigenvalue weighted by molar-refractivity contribution is 7.26. The van der Waals surface area contributed by atoms with Crippen LogP contribution in [0.4, 0.5) is 17.1 Å². The largest absolute Gasteiger partial charge is 0.456 e. The number of anilines is 3. The minimum atomic E-state index is 0.592. The van der Waals surface area contributed by atoms with Crippen LogP contribution in [0.2, 0.25) is 0 Å². The summed E-state index contributed by atoms with van der Waals surface area (Å²) in [7, 11) is 0. The monoisotopic (exact) mass is 723 g/mol. The van der Waals surface area contributed by atoms with Crippen molar-refractivity contribution in [1.82, 2.24) is 9.55 Å². The zero-order valence-electron chi connectivity index (χ0n) is 29.3. The lowest BCUT2D eigenvalue weighted by molar-refractivity contribution is 0.622. The van der Waals surface area contributed by atoms with Gasteiger partial charge in [-0.25, -0.2) is 4.98 Å². The number of benzene rings is 8. The summed E-state index contributed by atoms with van der Waals surface area (Å²) in [4.78, 5) is 7.29. The van der Waals surface area contributed by atoms with Crippen molar-refractivity contribution >= 4 is 103 Å². The van der Waals surface area contributed by atoms with Gasteiger partial charge in [-0.2, -0.15) is 0 Å². The highest BCUT2D eigenvalue weighted by Crippen LogP contribution is 2.47. The van der Waals surface area contributed by atoms with Crippen molar-refractivity contribution in [1.29, 1.82) is 0 Å². The molecule has 12 aromatic rings. The normalized spacial score (nSPS) is 12.0. The highest BCUT2D eigenvalue weighted by atomic mass is 32.1. The number of rotatable bonds is 5. The summed E-state index contributed by atoms with van der Waals surface area (Å²) in [5.41, 5.74) is 10.7.